The lowest BCUT2D eigenvalue weighted by Crippen LogP contribution is -2.48. The van der Waals surface area contributed by atoms with Crippen molar-refractivity contribution in [2.24, 2.45) is 5.73 Å². The van der Waals surface area contributed by atoms with Crippen molar-refractivity contribution in [1.82, 2.24) is 9.88 Å². The van der Waals surface area contributed by atoms with Gasteiger partial charge in [-0.15, -0.1) is 11.3 Å². The van der Waals surface area contributed by atoms with Crippen LogP contribution in [0.2, 0.25) is 0 Å². The quantitative estimate of drug-likeness (QED) is 0.926. The first-order valence-corrected chi connectivity index (χ1v) is 8.51. The number of carbonyl (C=O) groups excluding carboxylic acids is 1. The molecule has 0 saturated carbocycles. The standard InChI is InChI=1S/C17H21N3OS/c1-11-10-22-16(19-11)13-3-5-14(6-4-13)17(21)20-8-7-15(18)9-12(20)2/h3-6,10,12,15H,7-9,18H2,1-2H3/t12-,15+/m0/s1. The van der Waals surface area contributed by atoms with Crippen LogP contribution in [-0.2, 0) is 0 Å². The molecule has 1 aromatic heterocycles. The zero-order chi connectivity index (χ0) is 15.7. The monoisotopic (exact) mass is 315 g/mol. The van der Waals surface area contributed by atoms with Crippen molar-refractivity contribution in [3.8, 4) is 10.6 Å². The average molecular weight is 315 g/mol. The maximum Gasteiger partial charge on any atom is 0.254 e. The van der Waals surface area contributed by atoms with Gasteiger partial charge in [0.2, 0.25) is 0 Å². The number of piperidine rings is 1. The van der Waals surface area contributed by atoms with Crippen molar-refractivity contribution >= 4 is 17.2 Å². The SMILES string of the molecule is Cc1csc(-c2ccc(C(=O)N3CC[C@@H](N)C[C@@H]3C)cc2)n1. The summed E-state index contributed by atoms with van der Waals surface area (Å²) in [6, 6.07) is 8.18. The zero-order valence-electron chi connectivity index (χ0n) is 13.0. The van der Waals surface area contributed by atoms with Crippen LogP contribution in [0.25, 0.3) is 10.6 Å². The van der Waals surface area contributed by atoms with E-state index in [1.165, 1.54) is 0 Å². The van der Waals surface area contributed by atoms with Crippen LogP contribution in [0.5, 0.6) is 0 Å². The number of hydrogen-bond donors (Lipinski definition) is 1. The molecule has 1 amide bonds. The Hall–Kier alpha value is -1.72. The van der Waals surface area contributed by atoms with Gasteiger partial charge in [-0.25, -0.2) is 4.98 Å². The highest BCUT2D eigenvalue weighted by molar-refractivity contribution is 7.13. The Balaban J connectivity index is 1.76. The molecular formula is C17H21N3OS. The number of benzene rings is 1. The van der Waals surface area contributed by atoms with E-state index in [-0.39, 0.29) is 18.0 Å². The van der Waals surface area contributed by atoms with E-state index in [0.717, 1.165) is 41.2 Å². The van der Waals surface area contributed by atoms with Gasteiger partial charge in [0.05, 0.1) is 0 Å². The van der Waals surface area contributed by atoms with Crippen molar-refractivity contribution in [2.75, 3.05) is 6.54 Å². The van der Waals surface area contributed by atoms with Crippen molar-refractivity contribution in [3.05, 3.63) is 40.9 Å². The molecule has 116 valence electrons. The van der Waals surface area contributed by atoms with Crippen LogP contribution in [0.3, 0.4) is 0 Å². The maximum atomic E-state index is 12.6. The molecule has 1 fully saturated rings. The fourth-order valence-corrected chi connectivity index (χ4v) is 3.72. The van der Waals surface area contributed by atoms with Crippen LogP contribution < -0.4 is 5.73 Å². The maximum absolute atomic E-state index is 12.6. The topological polar surface area (TPSA) is 59.2 Å². The van der Waals surface area contributed by atoms with E-state index >= 15 is 0 Å². The third-order valence-electron chi connectivity index (χ3n) is 4.18. The van der Waals surface area contributed by atoms with Gasteiger partial charge in [0.25, 0.3) is 5.91 Å². The van der Waals surface area contributed by atoms with Crippen LogP contribution in [-0.4, -0.2) is 34.4 Å². The molecule has 2 N–H and O–H groups in total. The first kappa shape index (κ1) is 15.2. The third-order valence-corrected chi connectivity index (χ3v) is 5.18. The van der Waals surface area contributed by atoms with Crippen LogP contribution in [0.4, 0.5) is 0 Å². The predicted octanol–water partition coefficient (Wildman–Crippen LogP) is 3.07. The molecule has 1 aromatic carbocycles. The van der Waals surface area contributed by atoms with Crippen LogP contribution in [0.15, 0.2) is 29.6 Å². The van der Waals surface area contributed by atoms with E-state index in [1.807, 2.05) is 41.5 Å². The molecule has 2 atom stereocenters. The normalized spacial score (nSPS) is 21.9. The van der Waals surface area contributed by atoms with Crippen molar-refractivity contribution in [1.29, 1.82) is 0 Å². The fourth-order valence-electron chi connectivity index (χ4n) is 2.92. The van der Waals surface area contributed by atoms with E-state index in [1.54, 1.807) is 11.3 Å². The second-order valence-corrected chi connectivity index (χ2v) is 6.86. The summed E-state index contributed by atoms with van der Waals surface area (Å²) >= 11 is 1.63. The molecule has 1 aliphatic heterocycles. The molecule has 22 heavy (non-hydrogen) atoms. The van der Waals surface area contributed by atoms with E-state index in [2.05, 4.69) is 11.9 Å². The number of thiazole rings is 1. The summed E-state index contributed by atoms with van der Waals surface area (Å²) in [5, 5.41) is 3.03. The average Bonchev–Trinajstić information content (AvgIpc) is 2.93. The van der Waals surface area contributed by atoms with E-state index in [0.29, 0.717) is 0 Å². The van der Waals surface area contributed by atoms with Crippen LogP contribution in [0, 0.1) is 6.92 Å². The fraction of sp³-hybridized carbons (Fsp3) is 0.412. The Morgan fingerprint density at radius 2 is 2.09 bits per heavy atom. The van der Waals surface area contributed by atoms with Gasteiger partial charge in [0.15, 0.2) is 0 Å². The number of carbonyl (C=O) groups is 1. The lowest BCUT2D eigenvalue weighted by atomic mass is 9.98. The summed E-state index contributed by atoms with van der Waals surface area (Å²) in [6.45, 7) is 4.80. The number of rotatable bonds is 2. The summed E-state index contributed by atoms with van der Waals surface area (Å²) in [6.07, 6.45) is 1.76. The van der Waals surface area contributed by atoms with Crippen LogP contribution >= 0.6 is 11.3 Å². The summed E-state index contributed by atoms with van der Waals surface area (Å²) in [5.74, 6) is 0.0984. The number of aryl methyl sites for hydroxylation is 1. The van der Waals surface area contributed by atoms with Gasteiger partial charge < -0.3 is 10.6 Å². The summed E-state index contributed by atoms with van der Waals surface area (Å²) < 4.78 is 0. The van der Waals surface area contributed by atoms with Gasteiger partial charge in [0.1, 0.15) is 5.01 Å². The minimum absolute atomic E-state index is 0.0984. The smallest absolute Gasteiger partial charge is 0.254 e. The number of nitrogens with zero attached hydrogens (tertiary/aromatic N) is 2. The molecule has 2 aromatic rings. The minimum atomic E-state index is 0.0984. The molecule has 5 heteroatoms. The second kappa shape index (κ2) is 6.18. The Morgan fingerprint density at radius 3 is 2.68 bits per heavy atom. The van der Waals surface area contributed by atoms with Gasteiger partial charge in [-0.3, -0.25) is 4.79 Å². The van der Waals surface area contributed by atoms with Crippen molar-refractivity contribution in [3.63, 3.8) is 0 Å². The lowest BCUT2D eigenvalue weighted by Gasteiger charge is -2.36. The highest BCUT2D eigenvalue weighted by Gasteiger charge is 2.27. The van der Waals surface area contributed by atoms with Crippen molar-refractivity contribution < 1.29 is 4.79 Å². The van der Waals surface area contributed by atoms with Gasteiger partial charge in [-0.2, -0.15) is 0 Å². The van der Waals surface area contributed by atoms with Gasteiger partial charge in [-0.05, 0) is 38.8 Å². The number of hydrogen-bond acceptors (Lipinski definition) is 4. The Bertz CT molecular complexity index is 665. The third kappa shape index (κ3) is 3.05. The van der Waals surface area contributed by atoms with E-state index in [9.17, 15) is 4.79 Å². The van der Waals surface area contributed by atoms with Gasteiger partial charge >= 0.3 is 0 Å². The number of nitrogens with two attached hydrogens (primary N) is 1. The Morgan fingerprint density at radius 1 is 1.36 bits per heavy atom. The second-order valence-electron chi connectivity index (χ2n) is 6.00. The molecule has 1 aliphatic rings. The molecule has 0 spiro atoms. The molecule has 0 bridgehead atoms. The summed E-state index contributed by atoms with van der Waals surface area (Å²) in [5.41, 5.74) is 8.79. The molecular weight excluding hydrogens is 294 g/mol. The number of likely N-dealkylation sites (tertiary alicyclic amines) is 1. The first-order chi connectivity index (χ1) is 10.5. The first-order valence-electron chi connectivity index (χ1n) is 7.63. The van der Waals surface area contributed by atoms with E-state index in [4.69, 9.17) is 5.73 Å². The van der Waals surface area contributed by atoms with Crippen molar-refractivity contribution in [2.45, 2.75) is 38.8 Å². The molecule has 4 nitrogen and oxygen atoms in total. The predicted molar refractivity (Wildman–Crippen MR) is 90.0 cm³/mol. The van der Waals surface area contributed by atoms with Crippen LogP contribution in [0.1, 0.15) is 35.8 Å². The van der Waals surface area contributed by atoms with E-state index < -0.39 is 0 Å². The molecule has 0 unspecified atom stereocenters. The molecule has 1 saturated heterocycles. The largest absolute Gasteiger partial charge is 0.336 e. The molecule has 3 rings (SSSR count). The molecule has 0 aliphatic carbocycles. The highest BCUT2D eigenvalue weighted by Crippen LogP contribution is 2.25. The van der Waals surface area contributed by atoms with Gasteiger partial charge in [0, 0.05) is 40.8 Å². The Labute approximate surface area is 135 Å². The Kier molecular flexibility index (Phi) is 4.27. The number of amides is 1. The highest BCUT2D eigenvalue weighted by atomic mass is 32.1. The lowest BCUT2D eigenvalue weighted by molar-refractivity contribution is 0.0619. The molecule has 0 radical (unpaired) electrons. The number of aromatic nitrogens is 1. The van der Waals surface area contributed by atoms with Gasteiger partial charge in [-0.1, -0.05) is 12.1 Å². The zero-order valence-corrected chi connectivity index (χ0v) is 13.8. The summed E-state index contributed by atoms with van der Waals surface area (Å²) in [7, 11) is 0. The minimum Gasteiger partial charge on any atom is -0.336 e. The molecule has 2 heterocycles. The summed E-state index contributed by atoms with van der Waals surface area (Å²) in [4.78, 5) is 19.1.